The number of alkyl halides is 3. The van der Waals surface area contributed by atoms with E-state index < -0.39 is 12.1 Å². The average Bonchev–Trinajstić information content (AvgIpc) is 2.28. The molecule has 0 fully saturated rings. The highest BCUT2D eigenvalue weighted by Gasteiger charge is 2.38. The normalized spacial score (nSPS) is 13.4. The number of fused-ring (bicyclic) bond motifs is 1. The van der Waals surface area contributed by atoms with Crippen LogP contribution in [0.2, 0.25) is 0 Å². The van der Waals surface area contributed by atoms with Crippen LogP contribution < -0.4 is 10.6 Å². The summed E-state index contributed by atoms with van der Waals surface area (Å²) < 4.78 is 31.7. The number of ketones is 1. The van der Waals surface area contributed by atoms with Crippen molar-refractivity contribution in [3.8, 4) is 0 Å². The minimum Gasteiger partial charge on any atom is -0.475 e. The SMILES string of the molecule is O=C(O)C(F)(F)F.O=C1C=c2cccnc2=CC1. The molecule has 96 valence electrons. The van der Waals surface area contributed by atoms with Crippen molar-refractivity contribution in [3.63, 3.8) is 0 Å². The monoisotopic (exact) mass is 259 g/mol. The van der Waals surface area contributed by atoms with Gasteiger partial charge in [0.05, 0.1) is 5.35 Å². The van der Waals surface area contributed by atoms with Gasteiger partial charge in [-0.1, -0.05) is 12.1 Å². The Balaban J connectivity index is 0.000000203. The van der Waals surface area contributed by atoms with Gasteiger partial charge in [0.25, 0.3) is 0 Å². The molecule has 1 aliphatic carbocycles. The number of rotatable bonds is 0. The molecule has 0 aromatic carbocycles. The number of aliphatic carboxylic acids is 1. The zero-order chi connectivity index (χ0) is 13.8. The number of halogens is 3. The Morgan fingerprint density at radius 2 is 2.00 bits per heavy atom. The van der Waals surface area contributed by atoms with Gasteiger partial charge in [-0.25, -0.2) is 4.79 Å². The summed E-state index contributed by atoms with van der Waals surface area (Å²) in [4.78, 5) is 23.9. The first kappa shape index (κ1) is 13.9. The summed E-state index contributed by atoms with van der Waals surface area (Å²) in [6, 6.07) is 3.73. The summed E-state index contributed by atoms with van der Waals surface area (Å²) >= 11 is 0. The maximum Gasteiger partial charge on any atom is 0.490 e. The molecule has 1 aromatic rings. The van der Waals surface area contributed by atoms with Gasteiger partial charge in [0.2, 0.25) is 0 Å². The molecule has 1 aliphatic rings. The van der Waals surface area contributed by atoms with E-state index in [0.29, 0.717) is 6.42 Å². The number of carboxylic acids is 1. The van der Waals surface area contributed by atoms with E-state index in [9.17, 15) is 18.0 Å². The van der Waals surface area contributed by atoms with Crippen molar-refractivity contribution >= 4 is 23.9 Å². The number of carbonyl (C=O) groups is 2. The van der Waals surface area contributed by atoms with Gasteiger partial charge in [-0.15, -0.1) is 0 Å². The Labute approximate surface area is 99.1 Å². The Morgan fingerprint density at radius 1 is 1.39 bits per heavy atom. The zero-order valence-corrected chi connectivity index (χ0v) is 8.94. The van der Waals surface area contributed by atoms with E-state index in [0.717, 1.165) is 10.6 Å². The van der Waals surface area contributed by atoms with Crippen LogP contribution in [0.15, 0.2) is 18.3 Å². The zero-order valence-electron chi connectivity index (χ0n) is 8.94. The van der Waals surface area contributed by atoms with E-state index in [4.69, 9.17) is 9.90 Å². The number of carboxylic acid groups (broad SMARTS) is 1. The van der Waals surface area contributed by atoms with Crippen molar-refractivity contribution in [2.45, 2.75) is 12.6 Å². The highest BCUT2D eigenvalue weighted by Crippen LogP contribution is 2.13. The second-order valence-corrected chi connectivity index (χ2v) is 3.30. The molecule has 0 spiro atoms. The average molecular weight is 259 g/mol. The highest BCUT2D eigenvalue weighted by molar-refractivity contribution is 6.08. The van der Waals surface area contributed by atoms with E-state index in [1.165, 1.54) is 0 Å². The van der Waals surface area contributed by atoms with Crippen LogP contribution in [0, 0.1) is 0 Å². The fraction of sp³-hybridized carbons (Fsp3) is 0.182. The Kier molecular flexibility index (Phi) is 4.19. The Bertz CT molecular complexity index is 578. The quantitative estimate of drug-likeness (QED) is 0.725. The van der Waals surface area contributed by atoms with Crippen LogP contribution in [0.1, 0.15) is 6.42 Å². The molecule has 0 unspecified atom stereocenters. The van der Waals surface area contributed by atoms with Crippen LogP contribution in [-0.2, 0) is 9.59 Å². The van der Waals surface area contributed by atoms with Crippen LogP contribution in [-0.4, -0.2) is 28.0 Å². The molecule has 0 atom stereocenters. The van der Waals surface area contributed by atoms with Gasteiger partial charge in [0, 0.05) is 17.8 Å². The molecule has 1 N–H and O–H groups in total. The van der Waals surface area contributed by atoms with Crippen LogP contribution in [0.4, 0.5) is 13.2 Å². The molecule has 2 rings (SSSR count). The Morgan fingerprint density at radius 3 is 2.56 bits per heavy atom. The topological polar surface area (TPSA) is 67.3 Å². The minimum absolute atomic E-state index is 0.158. The molecule has 0 radical (unpaired) electrons. The number of Topliss-reactive ketones (excluding diaryl/α,β-unsaturated/α-hetero) is 1. The smallest absolute Gasteiger partial charge is 0.475 e. The number of nitrogens with zero attached hydrogens (tertiary/aromatic N) is 1. The second kappa shape index (κ2) is 5.44. The molecular formula is C11H8F3NO3. The Hall–Kier alpha value is -2.18. The van der Waals surface area contributed by atoms with E-state index in [-0.39, 0.29) is 5.78 Å². The number of aromatic nitrogens is 1. The summed E-state index contributed by atoms with van der Waals surface area (Å²) in [6.45, 7) is 0. The molecule has 7 heteroatoms. The molecule has 0 bridgehead atoms. The van der Waals surface area contributed by atoms with Crippen molar-refractivity contribution in [3.05, 3.63) is 28.9 Å². The van der Waals surface area contributed by atoms with E-state index >= 15 is 0 Å². The molecule has 4 nitrogen and oxygen atoms in total. The third kappa shape index (κ3) is 4.00. The minimum atomic E-state index is -5.08. The lowest BCUT2D eigenvalue weighted by atomic mass is 10.1. The fourth-order valence-corrected chi connectivity index (χ4v) is 1.15. The second-order valence-electron chi connectivity index (χ2n) is 3.30. The van der Waals surface area contributed by atoms with Crippen molar-refractivity contribution in [1.82, 2.24) is 4.98 Å². The van der Waals surface area contributed by atoms with E-state index in [2.05, 4.69) is 4.98 Å². The summed E-state index contributed by atoms with van der Waals surface area (Å²) in [6.07, 6.45) is 0.642. The molecule has 0 aliphatic heterocycles. The lowest BCUT2D eigenvalue weighted by molar-refractivity contribution is -0.192. The predicted octanol–water partition coefficient (Wildman–Crippen LogP) is 0.249. The summed E-state index contributed by atoms with van der Waals surface area (Å²) in [7, 11) is 0. The van der Waals surface area contributed by atoms with E-state index in [1.54, 1.807) is 12.3 Å². The van der Waals surface area contributed by atoms with Gasteiger partial charge in [0.1, 0.15) is 0 Å². The van der Waals surface area contributed by atoms with Crippen LogP contribution in [0.25, 0.3) is 12.2 Å². The molecule has 0 saturated heterocycles. The third-order valence-corrected chi connectivity index (χ3v) is 1.93. The van der Waals surface area contributed by atoms with Crippen molar-refractivity contribution in [2.75, 3.05) is 0 Å². The third-order valence-electron chi connectivity index (χ3n) is 1.93. The first-order valence-corrected chi connectivity index (χ1v) is 4.76. The maximum atomic E-state index is 10.9. The molecule has 1 aromatic heterocycles. The molecule has 0 amide bonds. The summed E-state index contributed by atoms with van der Waals surface area (Å²) in [5.74, 6) is -2.60. The first-order valence-electron chi connectivity index (χ1n) is 4.76. The summed E-state index contributed by atoms with van der Waals surface area (Å²) in [5.41, 5.74) is 0. The van der Waals surface area contributed by atoms with Crippen LogP contribution in [0.3, 0.4) is 0 Å². The van der Waals surface area contributed by atoms with Crippen molar-refractivity contribution in [1.29, 1.82) is 0 Å². The lowest BCUT2D eigenvalue weighted by Crippen LogP contribution is -2.31. The van der Waals surface area contributed by atoms with Crippen LogP contribution >= 0.6 is 0 Å². The molecule has 1 heterocycles. The molecular weight excluding hydrogens is 251 g/mol. The van der Waals surface area contributed by atoms with Gasteiger partial charge in [0.15, 0.2) is 5.78 Å². The van der Waals surface area contributed by atoms with E-state index in [1.807, 2.05) is 18.2 Å². The van der Waals surface area contributed by atoms with Crippen molar-refractivity contribution < 1.29 is 27.9 Å². The van der Waals surface area contributed by atoms with Gasteiger partial charge in [-0.2, -0.15) is 13.2 Å². The standard InChI is InChI=1S/C9H7NO.C2HF3O2/c11-8-3-4-9-7(6-8)2-1-5-10-9;3-2(4,5)1(6)7/h1-2,4-6H,3H2;(H,6,7). The highest BCUT2D eigenvalue weighted by atomic mass is 19.4. The molecule has 18 heavy (non-hydrogen) atoms. The largest absolute Gasteiger partial charge is 0.490 e. The predicted molar refractivity (Wildman–Crippen MR) is 55.7 cm³/mol. The van der Waals surface area contributed by atoms with Gasteiger partial charge in [-0.05, 0) is 12.1 Å². The number of pyridine rings is 1. The number of carbonyl (C=O) groups excluding carboxylic acids is 1. The number of hydrogen-bond acceptors (Lipinski definition) is 3. The van der Waals surface area contributed by atoms with Crippen molar-refractivity contribution in [2.24, 2.45) is 0 Å². The number of hydrogen-bond donors (Lipinski definition) is 1. The molecule has 0 saturated carbocycles. The fourth-order valence-electron chi connectivity index (χ4n) is 1.15. The maximum absolute atomic E-state index is 10.9. The lowest BCUT2D eigenvalue weighted by Gasteiger charge is -1.95. The summed E-state index contributed by atoms with van der Waals surface area (Å²) in [5, 5.41) is 8.98. The van der Waals surface area contributed by atoms with Gasteiger partial charge in [-0.3, -0.25) is 9.78 Å². The van der Waals surface area contributed by atoms with Crippen LogP contribution in [0.5, 0.6) is 0 Å². The first-order chi connectivity index (χ1) is 8.30. The van der Waals surface area contributed by atoms with Gasteiger partial charge >= 0.3 is 12.1 Å². The van der Waals surface area contributed by atoms with Gasteiger partial charge < -0.3 is 5.11 Å².